The molecule has 2 amide bonds. The van der Waals surface area contributed by atoms with Gasteiger partial charge < -0.3 is 15.7 Å². The van der Waals surface area contributed by atoms with E-state index in [2.05, 4.69) is 10.6 Å². The van der Waals surface area contributed by atoms with Crippen molar-refractivity contribution in [3.8, 4) is 0 Å². The zero-order valence-electron chi connectivity index (χ0n) is 5.91. The number of hydrogen-bond donors (Lipinski definition) is 3. The van der Waals surface area contributed by atoms with E-state index in [1.807, 2.05) is 0 Å². The molecule has 1 aliphatic heterocycles. The molecule has 5 nitrogen and oxygen atoms in total. The second-order valence-electron chi connectivity index (χ2n) is 2.46. The first-order chi connectivity index (χ1) is 5.27. The molecule has 0 aliphatic carbocycles. The van der Waals surface area contributed by atoms with Crippen LogP contribution in [0.4, 0.5) is 0 Å². The van der Waals surface area contributed by atoms with E-state index in [0.717, 1.165) is 0 Å². The topological polar surface area (TPSA) is 78.4 Å². The highest BCUT2D eigenvalue weighted by Crippen LogP contribution is 2.06. The first-order valence-electron chi connectivity index (χ1n) is 3.39. The fourth-order valence-corrected chi connectivity index (χ4v) is 1.10. The van der Waals surface area contributed by atoms with Gasteiger partial charge in [0.1, 0.15) is 6.04 Å². The minimum atomic E-state index is -0.468. The van der Waals surface area contributed by atoms with Crippen molar-refractivity contribution in [1.29, 1.82) is 0 Å². The summed E-state index contributed by atoms with van der Waals surface area (Å²) in [5.41, 5.74) is 0. The zero-order valence-corrected chi connectivity index (χ0v) is 5.91. The maximum atomic E-state index is 10.9. The van der Waals surface area contributed by atoms with Crippen molar-refractivity contribution < 1.29 is 14.7 Å². The average Bonchev–Trinajstić information content (AvgIpc) is 2.33. The van der Waals surface area contributed by atoms with Crippen LogP contribution < -0.4 is 10.6 Å². The molecule has 0 aromatic carbocycles. The largest absolute Gasteiger partial charge is 0.394 e. The third-order valence-electron chi connectivity index (χ3n) is 1.67. The molecule has 3 N–H and O–H groups in total. The van der Waals surface area contributed by atoms with Crippen molar-refractivity contribution in [1.82, 2.24) is 10.6 Å². The maximum Gasteiger partial charge on any atom is 0.242 e. The smallest absolute Gasteiger partial charge is 0.242 e. The van der Waals surface area contributed by atoms with Gasteiger partial charge >= 0.3 is 0 Å². The lowest BCUT2D eigenvalue weighted by Gasteiger charge is -2.03. The van der Waals surface area contributed by atoms with Gasteiger partial charge in [0.25, 0.3) is 0 Å². The molecule has 62 valence electrons. The summed E-state index contributed by atoms with van der Waals surface area (Å²) < 4.78 is 0. The standard InChI is InChI=1S/C6H10N2O3/c9-2-4-1-5(7-3-10)6(11)8-4/h3-5,9H,1-2H2,(H,7,10)(H,8,11). The van der Waals surface area contributed by atoms with Crippen molar-refractivity contribution >= 4 is 12.3 Å². The number of aliphatic hydroxyl groups is 1. The molecule has 0 aromatic heterocycles. The van der Waals surface area contributed by atoms with Crippen LogP contribution in [0.3, 0.4) is 0 Å². The van der Waals surface area contributed by atoms with Gasteiger partial charge in [-0.05, 0) is 6.42 Å². The quantitative estimate of drug-likeness (QED) is 0.415. The first-order valence-corrected chi connectivity index (χ1v) is 3.39. The molecule has 11 heavy (non-hydrogen) atoms. The summed E-state index contributed by atoms with van der Waals surface area (Å²) in [5.74, 6) is -0.226. The molecule has 1 fully saturated rings. The van der Waals surface area contributed by atoms with E-state index in [1.165, 1.54) is 0 Å². The Bertz CT molecular complexity index is 171. The van der Waals surface area contributed by atoms with Crippen LogP contribution in [-0.2, 0) is 9.59 Å². The van der Waals surface area contributed by atoms with Gasteiger partial charge in [0.2, 0.25) is 12.3 Å². The van der Waals surface area contributed by atoms with Crippen LogP contribution in [0.25, 0.3) is 0 Å². The summed E-state index contributed by atoms with van der Waals surface area (Å²) >= 11 is 0. The van der Waals surface area contributed by atoms with Gasteiger partial charge in [-0.3, -0.25) is 9.59 Å². The monoisotopic (exact) mass is 158 g/mol. The summed E-state index contributed by atoms with van der Waals surface area (Å²) in [7, 11) is 0. The van der Waals surface area contributed by atoms with Gasteiger partial charge in [-0.15, -0.1) is 0 Å². The molecular formula is C6H10N2O3. The summed E-state index contributed by atoms with van der Waals surface area (Å²) in [5, 5.41) is 13.5. The third kappa shape index (κ3) is 1.68. The average molecular weight is 158 g/mol. The normalized spacial score (nSPS) is 29.7. The highest BCUT2D eigenvalue weighted by Gasteiger charge is 2.30. The SMILES string of the molecule is O=CNC1CC(CO)NC1=O. The Kier molecular flexibility index (Phi) is 2.43. The Morgan fingerprint density at radius 1 is 1.82 bits per heavy atom. The van der Waals surface area contributed by atoms with E-state index in [4.69, 9.17) is 5.11 Å². The highest BCUT2D eigenvalue weighted by atomic mass is 16.3. The van der Waals surface area contributed by atoms with E-state index in [0.29, 0.717) is 12.8 Å². The predicted octanol–water partition coefficient (Wildman–Crippen LogP) is -2.02. The second-order valence-corrected chi connectivity index (χ2v) is 2.46. The van der Waals surface area contributed by atoms with Crippen LogP contribution >= 0.6 is 0 Å². The molecule has 1 heterocycles. The molecule has 0 aromatic rings. The summed E-state index contributed by atoms with van der Waals surface area (Å²) in [6.07, 6.45) is 0.956. The number of carbonyl (C=O) groups excluding carboxylic acids is 2. The Hall–Kier alpha value is -1.10. The van der Waals surface area contributed by atoms with Crippen LogP contribution in [0.15, 0.2) is 0 Å². The Morgan fingerprint density at radius 3 is 3.00 bits per heavy atom. The minimum absolute atomic E-state index is 0.0806. The molecule has 1 aliphatic rings. The van der Waals surface area contributed by atoms with E-state index >= 15 is 0 Å². The fourth-order valence-electron chi connectivity index (χ4n) is 1.10. The summed E-state index contributed by atoms with van der Waals surface area (Å²) in [6, 6.07) is -0.676. The Morgan fingerprint density at radius 2 is 2.55 bits per heavy atom. The van der Waals surface area contributed by atoms with Gasteiger partial charge in [0.15, 0.2) is 0 Å². The zero-order chi connectivity index (χ0) is 8.27. The lowest BCUT2D eigenvalue weighted by molar-refractivity contribution is -0.123. The van der Waals surface area contributed by atoms with E-state index in [-0.39, 0.29) is 18.6 Å². The molecule has 2 unspecified atom stereocenters. The van der Waals surface area contributed by atoms with Gasteiger partial charge in [0.05, 0.1) is 12.6 Å². The Balaban J connectivity index is 2.44. The maximum absolute atomic E-state index is 10.9. The minimum Gasteiger partial charge on any atom is -0.394 e. The fraction of sp³-hybridized carbons (Fsp3) is 0.667. The van der Waals surface area contributed by atoms with E-state index in [1.54, 1.807) is 0 Å². The van der Waals surface area contributed by atoms with E-state index < -0.39 is 6.04 Å². The van der Waals surface area contributed by atoms with Crippen LogP contribution in [-0.4, -0.2) is 36.1 Å². The van der Waals surface area contributed by atoms with Crippen molar-refractivity contribution in [2.24, 2.45) is 0 Å². The van der Waals surface area contributed by atoms with Crippen molar-refractivity contribution in [3.63, 3.8) is 0 Å². The second kappa shape index (κ2) is 3.34. The van der Waals surface area contributed by atoms with Crippen LogP contribution in [0.2, 0.25) is 0 Å². The lowest BCUT2D eigenvalue weighted by Crippen LogP contribution is -2.35. The van der Waals surface area contributed by atoms with Crippen LogP contribution in [0.1, 0.15) is 6.42 Å². The third-order valence-corrected chi connectivity index (χ3v) is 1.67. The number of rotatable bonds is 3. The molecule has 0 spiro atoms. The van der Waals surface area contributed by atoms with E-state index in [9.17, 15) is 9.59 Å². The molecule has 1 rings (SSSR count). The molecule has 1 saturated heterocycles. The number of nitrogens with one attached hydrogen (secondary N) is 2. The molecule has 2 atom stereocenters. The molecular weight excluding hydrogens is 148 g/mol. The Labute approximate surface area is 63.8 Å². The van der Waals surface area contributed by atoms with Gasteiger partial charge in [-0.2, -0.15) is 0 Å². The number of aliphatic hydroxyl groups excluding tert-OH is 1. The number of carbonyl (C=O) groups is 2. The molecule has 5 heteroatoms. The van der Waals surface area contributed by atoms with Gasteiger partial charge in [0, 0.05) is 0 Å². The summed E-state index contributed by atoms with van der Waals surface area (Å²) in [4.78, 5) is 20.8. The van der Waals surface area contributed by atoms with Gasteiger partial charge in [-0.1, -0.05) is 0 Å². The van der Waals surface area contributed by atoms with Crippen molar-refractivity contribution in [2.45, 2.75) is 18.5 Å². The molecule has 0 radical (unpaired) electrons. The van der Waals surface area contributed by atoms with Crippen LogP contribution in [0, 0.1) is 0 Å². The first kappa shape index (κ1) is 8.00. The number of hydrogen-bond acceptors (Lipinski definition) is 3. The predicted molar refractivity (Wildman–Crippen MR) is 36.6 cm³/mol. The lowest BCUT2D eigenvalue weighted by atomic mass is 10.2. The van der Waals surface area contributed by atoms with Crippen LogP contribution in [0.5, 0.6) is 0 Å². The number of amides is 2. The van der Waals surface area contributed by atoms with Gasteiger partial charge in [-0.25, -0.2) is 0 Å². The highest BCUT2D eigenvalue weighted by molar-refractivity contribution is 5.86. The molecule has 0 saturated carbocycles. The van der Waals surface area contributed by atoms with Crippen molar-refractivity contribution in [2.75, 3.05) is 6.61 Å². The molecule has 0 bridgehead atoms. The summed E-state index contributed by atoms with van der Waals surface area (Å²) in [6.45, 7) is -0.0806. The van der Waals surface area contributed by atoms with Crippen molar-refractivity contribution in [3.05, 3.63) is 0 Å².